The van der Waals surface area contributed by atoms with E-state index in [-0.39, 0.29) is 22.6 Å². The molecule has 1 fully saturated rings. The highest BCUT2D eigenvalue weighted by molar-refractivity contribution is 7.92. The number of benzene rings is 2. The Morgan fingerprint density at radius 1 is 1.08 bits per heavy atom. The molecule has 0 saturated heterocycles. The van der Waals surface area contributed by atoms with E-state index in [1.165, 1.54) is 6.07 Å². The molecule has 0 heterocycles. The summed E-state index contributed by atoms with van der Waals surface area (Å²) in [6, 6.07) is 13.6. The molecule has 7 heteroatoms. The highest BCUT2D eigenvalue weighted by Gasteiger charge is 2.30. The molecule has 2 N–H and O–H groups in total. The van der Waals surface area contributed by atoms with E-state index in [1.54, 1.807) is 30.3 Å². The van der Waals surface area contributed by atoms with E-state index < -0.39 is 9.84 Å². The molecule has 138 valence electrons. The van der Waals surface area contributed by atoms with Crippen molar-refractivity contribution in [1.29, 1.82) is 0 Å². The molecule has 0 aromatic heterocycles. The standard InChI is InChI=1S/C19H21ClN2O3S/c20-17-10-3-4-11-18(17)21-13-19(23)22-14-6-5-9-16(12-14)26(24,25)15-7-1-2-8-15/h3-6,9-12,15,21H,1-2,7-8,13H2,(H,22,23). The van der Waals surface area contributed by atoms with Gasteiger partial charge in [-0.3, -0.25) is 4.79 Å². The first-order valence-electron chi connectivity index (χ1n) is 8.59. The van der Waals surface area contributed by atoms with Crippen LogP contribution in [-0.4, -0.2) is 26.1 Å². The monoisotopic (exact) mass is 392 g/mol. The molecule has 0 spiro atoms. The molecule has 0 bridgehead atoms. The maximum absolute atomic E-state index is 12.7. The smallest absolute Gasteiger partial charge is 0.243 e. The molecular formula is C19H21ClN2O3S. The summed E-state index contributed by atoms with van der Waals surface area (Å²) in [7, 11) is -3.34. The van der Waals surface area contributed by atoms with Crippen LogP contribution in [-0.2, 0) is 14.6 Å². The highest BCUT2D eigenvalue weighted by atomic mass is 35.5. The number of hydrogen-bond acceptors (Lipinski definition) is 4. The first-order valence-corrected chi connectivity index (χ1v) is 10.5. The number of carbonyl (C=O) groups is 1. The lowest BCUT2D eigenvalue weighted by atomic mass is 10.3. The lowest BCUT2D eigenvalue weighted by Crippen LogP contribution is -2.22. The number of nitrogens with one attached hydrogen (secondary N) is 2. The first kappa shape index (κ1) is 18.7. The van der Waals surface area contributed by atoms with Gasteiger partial charge in [0.05, 0.1) is 27.4 Å². The number of para-hydroxylation sites is 1. The minimum Gasteiger partial charge on any atom is -0.375 e. The number of halogens is 1. The summed E-state index contributed by atoms with van der Waals surface area (Å²) in [6.45, 7) is 0.0311. The second kappa shape index (κ2) is 8.10. The van der Waals surface area contributed by atoms with Crippen LogP contribution < -0.4 is 10.6 Å². The van der Waals surface area contributed by atoms with Gasteiger partial charge in [0.2, 0.25) is 5.91 Å². The van der Waals surface area contributed by atoms with Crippen LogP contribution in [0.3, 0.4) is 0 Å². The third-order valence-electron chi connectivity index (χ3n) is 4.50. The van der Waals surface area contributed by atoms with Crippen LogP contribution in [0.5, 0.6) is 0 Å². The van der Waals surface area contributed by atoms with E-state index in [2.05, 4.69) is 10.6 Å². The second-order valence-corrected chi connectivity index (χ2v) is 9.00. The van der Waals surface area contributed by atoms with Gasteiger partial charge in [0.15, 0.2) is 9.84 Å². The van der Waals surface area contributed by atoms with Crippen LogP contribution in [0, 0.1) is 0 Å². The third-order valence-corrected chi connectivity index (χ3v) is 7.09. The average Bonchev–Trinajstić information content (AvgIpc) is 3.17. The van der Waals surface area contributed by atoms with Gasteiger partial charge in [0.25, 0.3) is 0 Å². The Kier molecular flexibility index (Phi) is 5.84. The fourth-order valence-electron chi connectivity index (χ4n) is 3.13. The highest BCUT2D eigenvalue weighted by Crippen LogP contribution is 2.30. The van der Waals surface area contributed by atoms with E-state index in [1.807, 2.05) is 12.1 Å². The zero-order chi connectivity index (χ0) is 18.6. The Labute approximate surface area is 158 Å². The van der Waals surface area contributed by atoms with Crippen molar-refractivity contribution in [3.05, 3.63) is 53.6 Å². The molecule has 1 saturated carbocycles. The fraction of sp³-hybridized carbons (Fsp3) is 0.316. The summed E-state index contributed by atoms with van der Waals surface area (Å²) in [4.78, 5) is 12.4. The van der Waals surface area contributed by atoms with E-state index in [4.69, 9.17) is 11.6 Å². The number of carbonyl (C=O) groups excluding carboxylic acids is 1. The molecule has 0 radical (unpaired) electrons. The van der Waals surface area contributed by atoms with Gasteiger partial charge in [-0.15, -0.1) is 0 Å². The molecule has 1 aliphatic carbocycles. The van der Waals surface area contributed by atoms with Crippen molar-refractivity contribution in [1.82, 2.24) is 0 Å². The maximum atomic E-state index is 12.7. The van der Waals surface area contributed by atoms with Crippen molar-refractivity contribution in [2.24, 2.45) is 0 Å². The topological polar surface area (TPSA) is 75.3 Å². The van der Waals surface area contributed by atoms with Gasteiger partial charge >= 0.3 is 0 Å². The lowest BCUT2D eigenvalue weighted by Gasteiger charge is -2.13. The van der Waals surface area contributed by atoms with Crippen LogP contribution in [0.2, 0.25) is 5.02 Å². The van der Waals surface area contributed by atoms with Gasteiger partial charge in [0.1, 0.15) is 0 Å². The molecule has 0 unspecified atom stereocenters. The summed E-state index contributed by atoms with van der Waals surface area (Å²) in [5.74, 6) is -0.277. The number of hydrogen-bond donors (Lipinski definition) is 2. The Morgan fingerprint density at radius 3 is 2.54 bits per heavy atom. The minimum absolute atomic E-state index is 0.0311. The summed E-state index contributed by atoms with van der Waals surface area (Å²) in [5.41, 5.74) is 1.14. The largest absolute Gasteiger partial charge is 0.375 e. The van der Waals surface area contributed by atoms with E-state index in [9.17, 15) is 13.2 Å². The maximum Gasteiger partial charge on any atom is 0.243 e. The van der Waals surface area contributed by atoms with Crippen LogP contribution in [0.15, 0.2) is 53.4 Å². The molecule has 0 aliphatic heterocycles. The van der Waals surface area contributed by atoms with Gasteiger partial charge in [-0.2, -0.15) is 0 Å². The van der Waals surface area contributed by atoms with E-state index in [0.717, 1.165) is 12.8 Å². The molecule has 0 atom stereocenters. The van der Waals surface area contributed by atoms with Crippen LogP contribution in [0.1, 0.15) is 25.7 Å². The van der Waals surface area contributed by atoms with Crippen molar-refractivity contribution in [3.63, 3.8) is 0 Å². The number of sulfone groups is 1. The van der Waals surface area contributed by atoms with Crippen molar-refractivity contribution in [2.45, 2.75) is 35.8 Å². The predicted octanol–water partition coefficient (Wildman–Crippen LogP) is 4.11. The summed E-state index contributed by atoms with van der Waals surface area (Å²) in [6.07, 6.45) is 3.32. The Bertz CT molecular complexity index is 893. The van der Waals surface area contributed by atoms with Gasteiger partial charge in [0, 0.05) is 5.69 Å². The quantitative estimate of drug-likeness (QED) is 0.775. The zero-order valence-corrected chi connectivity index (χ0v) is 15.8. The normalized spacial score (nSPS) is 15.0. The Balaban J connectivity index is 1.65. The summed E-state index contributed by atoms with van der Waals surface area (Å²) < 4.78 is 25.4. The van der Waals surface area contributed by atoms with Crippen molar-refractivity contribution >= 4 is 38.7 Å². The van der Waals surface area contributed by atoms with Crippen molar-refractivity contribution in [3.8, 4) is 0 Å². The zero-order valence-electron chi connectivity index (χ0n) is 14.2. The SMILES string of the molecule is O=C(CNc1ccccc1Cl)Nc1cccc(S(=O)(=O)C2CCCC2)c1. The minimum atomic E-state index is -3.34. The number of anilines is 2. The molecule has 2 aromatic carbocycles. The van der Waals surface area contributed by atoms with E-state index in [0.29, 0.717) is 29.2 Å². The van der Waals surface area contributed by atoms with Crippen LogP contribution in [0.4, 0.5) is 11.4 Å². The lowest BCUT2D eigenvalue weighted by molar-refractivity contribution is -0.114. The predicted molar refractivity (Wildman–Crippen MR) is 104 cm³/mol. The van der Waals surface area contributed by atoms with Crippen LogP contribution >= 0.6 is 11.6 Å². The van der Waals surface area contributed by atoms with E-state index >= 15 is 0 Å². The van der Waals surface area contributed by atoms with Crippen LogP contribution in [0.25, 0.3) is 0 Å². The van der Waals surface area contributed by atoms with Crippen molar-refractivity contribution < 1.29 is 13.2 Å². The molecule has 1 amide bonds. The van der Waals surface area contributed by atoms with Gasteiger partial charge < -0.3 is 10.6 Å². The van der Waals surface area contributed by atoms with Gasteiger partial charge in [-0.05, 0) is 43.2 Å². The summed E-state index contributed by atoms with van der Waals surface area (Å²) >= 11 is 6.04. The molecule has 3 rings (SSSR count). The second-order valence-electron chi connectivity index (χ2n) is 6.36. The summed E-state index contributed by atoms with van der Waals surface area (Å²) in [5, 5.41) is 5.91. The van der Waals surface area contributed by atoms with Gasteiger partial charge in [-0.1, -0.05) is 42.6 Å². The first-order chi connectivity index (χ1) is 12.5. The molecule has 1 aliphatic rings. The third kappa shape index (κ3) is 4.37. The Hall–Kier alpha value is -2.05. The fourth-order valence-corrected chi connectivity index (χ4v) is 5.23. The molecule has 5 nitrogen and oxygen atoms in total. The average molecular weight is 393 g/mol. The number of rotatable bonds is 6. The Morgan fingerprint density at radius 2 is 1.81 bits per heavy atom. The van der Waals surface area contributed by atoms with Gasteiger partial charge in [-0.25, -0.2) is 8.42 Å². The number of amides is 1. The molecule has 26 heavy (non-hydrogen) atoms. The molecular weight excluding hydrogens is 372 g/mol. The van der Waals surface area contributed by atoms with Crippen molar-refractivity contribution in [2.75, 3.05) is 17.2 Å². The molecule has 2 aromatic rings.